The van der Waals surface area contributed by atoms with E-state index in [-0.39, 0.29) is 50.7 Å². The predicted molar refractivity (Wildman–Crippen MR) is 138 cm³/mol. The molecule has 4 nitrogen and oxygen atoms in total. The largest absolute Gasteiger partial charge is 2.00 e. The van der Waals surface area contributed by atoms with Gasteiger partial charge in [0.15, 0.2) is 0 Å². The standard InChI is InChI=1S/C28H38N4.2BrH.Co/c1-20-11-9-12-21(2)27(20)30-24(5)17-32(19-26-15-7-8-16-29-26)18-25(6)31-28-22(3)13-10-14-23(28)4;;;/h7-16,24-25,30-31H,17-19H2,1-6H3;2*1H;/q;;;+2/p-2. The van der Waals surface area contributed by atoms with Crippen LogP contribution in [0.1, 0.15) is 41.8 Å². The smallest absolute Gasteiger partial charge is 1.00 e. The molecule has 0 aliphatic carbocycles. The number of pyridine rings is 1. The molecule has 2 N–H and O–H groups in total. The van der Waals surface area contributed by atoms with E-state index in [1.165, 1.54) is 33.6 Å². The third-order valence-electron chi connectivity index (χ3n) is 5.92. The van der Waals surface area contributed by atoms with Gasteiger partial charge in [-0.05, 0) is 75.9 Å². The summed E-state index contributed by atoms with van der Waals surface area (Å²) < 4.78 is 0. The molecule has 1 radical (unpaired) electrons. The van der Waals surface area contributed by atoms with Gasteiger partial charge in [-0.1, -0.05) is 42.5 Å². The Morgan fingerprint density at radius 2 is 1.11 bits per heavy atom. The Bertz CT molecular complexity index is 915. The van der Waals surface area contributed by atoms with E-state index >= 15 is 0 Å². The van der Waals surface area contributed by atoms with Crippen molar-refractivity contribution in [2.75, 3.05) is 23.7 Å². The van der Waals surface area contributed by atoms with Gasteiger partial charge in [-0.15, -0.1) is 0 Å². The number of anilines is 2. The normalized spacial score (nSPS) is 12.0. The van der Waals surface area contributed by atoms with Crippen molar-refractivity contribution >= 4 is 11.4 Å². The Labute approximate surface area is 243 Å². The van der Waals surface area contributed by atoms with Gasteiger partial charge in [0, 0.05) is 49.3 Å². The second kappa shape index (κ2) is 16.4. The first-order valence-electron chi connectivity index (χ1n) is 11.6. The molecule has 0 saturated carbocycles. The second-order valence-electron chi connectivity index (χ2n) is 9.14. The van der Waals surface area contributed by atoms with E-state index in [0.29, 0.717) is 12.1 Å². The second-order valence-corrected chi connectivity index (χ2v) is 9.14. The Morgan fingerprint density at radius 3 is 1.49 bits per heavy atom. The molecule has 0 bridgehead atoms. The topological polar surface area (TPSA) is 40.2 Å². The molecule has 3 rings (SSSR count). The number of benzene rings is 2. The van der Waals surface area contributed by atoms with Gasteiger partial charge in [0.05, 0.1) is 5.69 Å². The van der Waals surface area contributed by atoms with Gasteiger partial charge >= 0.3 is 16.8 Å². The molecular weight excluding hydrogens is 611 g/mol. The van der Waals surface area contributed by atoms with Crippen LogP contribution in [0.3, 0.4) is 0 Å². The maximum Gasteiger partial charge on any atom is 2.00 e. The van der Waals surface area contributed by atoms with Crippen LogP contribution in [0.2, 0.25) is 0 Å². The van der Waals surface area contributed by atoms with Crippen molar-refractivity contribution in [3.8, 4) is 0 Å². The number of hydrogen-bond donors (Lipinski definition) is 2. The van der Waals surface area contributed by atoms with Gasteiger partial charge in [0.25, 0.3) is 0 Å². The van der Waals surface area contributed by atoms with Crippen molar-refractivity contribution in [3.05, 3.63) is 88.7 Å². The Morgan fingerprint density at radius 1 is 0.686 bits per heavy atom. The summed E-state index contributed by atoms with van der Waals surface area (Å²) >= 11 is 0. The number of aromatic nitrogens is 1. The number of nitrogens with one attached hydrogen (secondary N) is 2. The molecule has 0 spiro atoms. The van der Waals surface area contributed by atoms with Gasteiger partial charge in [-0.25, -0.2) is 0 Å². The van der Waals surface area contributed by atoms with E-state index in [2.05, 4.69) is 111 Å². The van der Waals surface area contributed by atoms with E-state index in [9.17, 15) is 0 Å². The van der Waals surface area contributed by atoms with Crippen LogP contribution in [0.4, 0.5) is 11.4 Å². The van der Waals surface area contributed by atoms with Gasteiger partial charge in [-0.2, -0.15) is 0 Å². The first-order valence-corrected chi connectivity index (χ1v) is 11.6. The monoisotopic (exact) mass is 647 g/mol. The average Bonchev–Trinajstić information content (AvgIpc) is 2.74. The van der Waals surface area contributed by atoms with Gasteiger partial charge in [0.2, 0.25) is 0 Å². The summed E-state index contributed by atoms with van der Waals surface area (Å²) in [5, 5.41) is 7.51. The maximum atomic E-state index is 4.58. The fraction of sp³-hybridized carbons (Fsp3) is 0.393. The predicted octanol–water partition coefficient (Wildman–Crippen LogP) is 0.124. The van der Waals surface area contributed by atoms with Crippen LogP contribution in [-0.4, -0.2) is 35.1 Å². The van der Waals surface area contributed by atoms with Crippen molar-refractivity contribution in [1.82, 2.24) is 9.88 Å². The van der Waals surface area contributed by atoms with Gasteiger partial charge in [-0.3, -0.25) is 9.88 Å². The van der Waals surface area contributed by atoms with Crippen molar-refractivity contribution in [2.45, 2.75) is 60.2 Å². The molecule has 0 fully saturated rings. The molecular formula is C28H38Br2CoN4. The average molecular weight is 649 g/mol. The summed E-state index contributed by atoms with van der Waals surface area (Å²) in [6.45, 7) is 15.9. The van der Waals surface area contributed by atoms with Crippen molar-refractivity contribution < 1.29 is 50.7 Å². The molecule has 1 aromatic heterocycles. The first-order chi connectivity index (χ1) is 15.3. The summed E-state index contributed by atoms with van der Waals surface area (Å²) in [6.07, 6.45) is 1.88. The zero-order chi connectivity index (χ0) is 23.1. The number of halogens is 2. The maximum absolute atomic E-state index is 4.58. The summed E-state index contributed by atoms with van der Waals surface area (Å²) in [6, 6.07) is 19.7. The molecule has 2 atom stereocenters. The molecule has 35 heavy (non-hydrogen) atoms. The quantitative estimate of drug-likeness (QED) is 0.328. The summed E-state index contributed by atoms with van der Waals surface area (Å²) in [7, 11) is 0. The third-order valence-corrected chi connectivity index (χ3v) is 5.92. The number of rotatable bonds is 10. The molecule has 0 amide bonds. The molecule has 1 heterocycles. The number of para-hydroxylation sites is 2. The van der Waals surface area contributed by atoms with Crippen LogP contribution in [-0.2, 0) is 23.3 Å². The van der Waals surface area contributed by atoms with E-state index in [0.717, 1.165) is 25.3 Å². The van der Waals surface area contributed by atoms with Gasteiger partial charge in [0.1, 0.15) is 0 Å². The molecule has 0 aliphatic heterocycles. The fourth-order valence-electron chi connectivity index (χ4n) is 4.37. The van der Waals surface area contributed by atoms with Crippen LogP contribution in [0, 0.1) is 27.7 Å². The van der Waals surface area contributed by atoms with E-state index in [1.807, 2.05) is 12.3 Å². The van der Waals surface area contributed by atoms with E-state index < -0.39 is 0 Å². The van der Waals surface area contributed by atoms with Crippen molar-refractivity contribution in [2.24, 2.45) is 0 Å². The Hall–Kier alpha value is -1.38. The molecule has 2 unspecified atom stereocenters. The fourth-order valence-corrected chi connectivity index (χ4v) is 4.37. The van der Waals surface area contributed by atoms with Crippen LogP contribution in [0.15, 0.2) is 60.8 Å². The molecule has 7 heteroatoms. The number of nitrogens with zero attached hydrogens (tertiary/aromatic N) is 2. The molecule has 2 aromatic carbocycles. The van der Waals surface area contributed by atoms with Crippen LogP contribution in [0.25, 0.3) is 0 Å². The Balaban J connectivity index is 0.00000385. The minimum atomic E-state index is 0. The first kappa shape index (κ1) is 33.6. The van der Waals surface area contributed by atoms with Gasteiger partial charge < -0.3 is 44.6 Å². The van der Waals surface area contributed by atoms with Crippen LogP contribution < -0.4 is 44.6 Å². The van der Waals surface area contributed by atoms with Crippen LogP contribution >= 0.6 is 0 Å². The SMILES string of the molecule is Cc1cccc(C)c1NC(C)CN(Cc1ccccn1)CC(C)Nc1c(C)cccc1C.[Br-].[Br-].[Co+2]. The molecule has 0 aliphatic rings. The minimum Gasteiger partial charge on any atom is -1.00 e. The zero-order valence-electron chi connectivity index (χ0n) is 21.5. The third kappa shape index (κ3) is 10.2. The van der Waals surface area contributed by atoms with Crippen LogP contribution in [0.5, 0.6) is 0 Å². The molecule has 0 saturated heterocycles. The summed E-state index contributed by atoms with van der Waals surface area (Å²) in [5.41, 5.74) is 8.76. The Kier molecular flexibility index (Phi) is 15.7. The summed E-state index contributed by atoms with van der Waals surface area (Å²) in [5.74, 6) is 0. The van der Waals surface area contributed by atoms with E-state index in [1.54, 1.807) is 0 Å². The zero-order valence-corrected chi connectivity index (χ0v) is 25.7. The molecule has 3 aromatic rings. The van der Waals surface area contributed by atoms with Crippen molar-refractivity contribution in [3.63, 3.8) is 0 Å². The molecule has 193 valence electrons. The number of aryl methyl sites for hydroxylation is 4. The van der Waals surface area contributed by atoms with E-state index in [4.69, 9.17) is 0 Å². The summed E-state index contributed by atoms with van der Waals surface area (Å²) in [4.78, 5) is 7.07. The van der Waals surface area contributed by atoms with Crippen molar-refractivity contribution in [1.29, 1.82) is 0 Å². The number of hydrogen-bond acceptors (Lipinski definition) is 4. The minimum absolute atomic E-state index is 0.